The van der Waals surface area contributed by atoms with E-state index in [0.29, 0.717) is 5.56 Å². The highest BCUT2D eigenvalue weighted by atomic mass is 16.6. The van der Waals surface area contributed by atoms with Crippen molar-refractivity contribution in [2.75, 3.05) is 5.73 Å². The Morgan fingerprint density at radius 3 is 2.75 bits per heavy atom. The van der Waals surface area contributed by atoms with Crippen LogP contribution < -0.4 is 5.73 Å². The predicted molar refractivity (Wildman–Crippen MR) is 43.2 cm³/mol. The lowest BCUT2D eigenvalue weighted by atomic mass is 10.2. The zero-order valence-electron chi connectivity index (χ0n) is 6.23. The largest absolute Gasteiger partial charge is 0.506 e. The third-order valence-electron chi connectivity index (χ3n) is 1.41. The monoisotopic (exact) mass is 168 g/mol. The van der Waals surface area contributed by atoms with Crippen molar-refractivity contribution in [1.29, 1.82) is 0 Å². The molecule has 0 spiro atoms. The van der Waals surface area contributed by atoms with Gasteiger partial charge in [0.15, 0.2) is 0 Å². The number of hydrogen-bond donors (Lipinski definition) is 2. The molecule has 0 aliphatic heterocycles. The van der Waals surface area contributed by atoms with E-state index in [-0.39, 0.29) is 18.0 Å². The number of phenolic OH excluding ortho intramolecular Hbond substituents is 1. The van der Waals surface area contributed by atoms with Crippen LogP contribution in [0.15, 0.2) is 18.2 Å². The minimum Gasteiger partial charge on any atom is -0.506 e. The molecule has 0 unspecified atom stereocenters. The molecular formula is C7H8N2O3. The van der Waals surface area contributed by atoms with Crippen LogP contribution in [-0.4, -0.2) is 10.0 Å². The van der Waals surface area contributed by atoms with Crippen LogP contribution in [0.2, 0.25) is 0 Å². The van der Waals surface area contributed by atoms with Crippen molar-refractivity contribution in [2.24, 2.45) is 0 Å². The average molecular weight is 168 g/mol. The standard InChI is InChI=1S/C7H8N2O3/c8-6-2-1-5(3-7(6)10)4-9(11)12/h1-3,10H,4,8H2. The van der Waals surface area contributed by atoms with Crippen molar-refractivity contribution in [1.82, 2.24) is 0 Å². The Morgan fingerprint density at radius 1 is 1.58 bits per heavy atom. The molecule has 1 aromatic rings. The van der Waals surface area contributed by atoms with Gasteiger partial charge >= 0.3 is 0 Å². The lowest BCUT2D eigenvalue weighted by molar-refractivity contribution is -0.496. The molecule has 0 amide bonds. The first-order valence-electron chi connectivity index (χ1n) is 3.29. The van der Waals surface area contributed by atoms with Gasteiger partial charge in [0.1, 0.15) is 5.75 Å². The van der Waals surface area contributed by atoms with Crippen molar-refractivity contribution in [2.45, 2.75) is 6.54 Å². The van der Waals surface area contributed by atoms with Crippen LogP contribution in [0.5, 0.6) is 5.75 Å². The van der Waals surface area contributed by atoms with Gasteiger partial charge in [0.2, 0.25) is 6.54 Å². The number of nitrogens with two attached hydrogens (primary N) is 1. The summed E-state index contributed by atoms with van der Waals surface area (Å²) in [6.45, 7) is -0.298. The van der Waals surface area contributed by atoms with Crippen LogP contribution in [-0.2, 0) is 6.54 Å². The molecule has 0 aliphatic rings. The highest BCUT2D eigenvalue weighted by Gasteiger charge is 2.03. The molecule has 1 aromatic carbocycles. The van der Waals surface area contributed by atoms with E-state index in [1.165, 1.54) is 18.2 Å². The zero-order valence-corrected chi connectivity index (χ0v) is 6.23. The summed E-state index contributed by atoms with van der Waals surface area (Å²) in [5.74, 6) is -0.116. The Hall–Kier alpha value is -1.78. The number of benzene rings is 1. The Kier molecular flexibility index (Phi) is 2.14. The summed E-state index contributed by atoms with van der Waals surface area (Å²) in [6, 6.07) is 4.24. The van der Waals surface area contributed by atoms with Crippen molar-refractivity contribution in [3.05, 3.63) is 33.9 Å². The number of nitrogen functional groups attached to an aromatic ring is 1. The molecule has 0 fully saturated rings. The molecule has 5 nitrogen and oxygen atoms in total. The number of phenols is 1. The summed E-state index contributed by atoms with van der Waals surface area (Å²) in [6.07, 6.45) is 0. The number of aromatic hydroxyl groups is 1. The van der Waals surface area contributed by atoms with Crippen LogP contribution in [0.25, 0.3) is 0 Å². The first kappa shape index (κ1) is 8.32. The molecule has 0 atom stereocenters. The van der Waals surface area contributed by atoms with Gasteiger partial charge in [-0.25, -0.2) is 0 Å². The van der Waals surface area contributed by atoms with Gasteiger partial charge in [0.05, 0.1) is 5.69 Å². The molecule has 12 heavy (non-hydrogen) atoms. The topological polar surface area (TPSA) is 89.4 Å². The van der Waals surface area contributed by atoms with Crippen molar-refractivity contribution >= 4 is 5.69 Å². The lowest BCUT2D eigenvalue weighted by Crippen LogP contribution is -1.98. The highest BCUT2D eigenvalue weighted by Crippen LogP contribution is 2.20. The molecule has 0 aromatic heterocycles. The van der Waals surface area contributed by atoms with Gasteiger partial charge < -0.3 is 10.8 Å². The molecule has 0 heterocycles. The normalized spacial score (nSPS) is 9.67. The summed E-state index contributed by atoms with van der Waals surface area (Å²) in [4.78, 5) is 9.59. The second-order valence-corrected chi connectivity index (χ2v) is 2.38. The minimum absolute atomic E-state index is 0.116. The summed E-state index contributed by atoms with van der Waals surface area (Å²) < 4.78 is 0. The van der Waals surface area contributed by atoms with E-state index in [9.17, 15) is 10.1 Å². The first-order chi connectivity index (χ1) is 5.59. The predicted octanol–water partition coefficient (Wildman–Crippen LogP) is 0.751. The zero-order chi connectivity index (χ0) is 9.14. The van der Waals surface area contributed by atoms with Crippen molar-refractivity contribution < 1.29 is 10.0 Å². The maximum Gasteiger partial charge on any atom is 0.229 e. The van der Waals surface area contributed by atoms with Gasteiger partial charge in [-0.15, -0.1) is 0 Å². The van der Waals surface area contributed by atoms with Gasteiger partial charge in [-0.1, -0.05) is 6.07 Å². The molecule has 5 heteroatoms. The van der Waals surface area contributed by atoms with E-state index in [2.05, 4.69) is 0 Å². The molecule has 0 saturated heterocycles. The Morgan fingerprint density at radius 2 is 2.25 bits per heavy atom. The maximum absolute atomic E-state index is 10.1. The number of nitro groups is 1. The van der Waals surface area contributed by atoms with E-state index in [4.69, 9.17) is 10.8 Å². The summed E-state index contributed by atoms with van der Waals surface area (Å²) in [7, 11) is 0. The Labute approximate surface area is 68.6 Å². The molecule has 64 valence electrons. The number of anilines is 1. The third-order valence-corrected chi connectivity index (χ3v) is 1.41. The van der Waals surface area contributed by atoms with Crippen molar-refractivity contribution in [3.8, 4) is 5.75 Å². The molecule has 0 bridgehead atoms. The van der Waals surface area contributed by atoms with E-state index in [0.717, 1.165) is 0 Å². The number of rotatable bonds is 2. The maximum atomic E-state index is 10.1. The minimum atomic E-state index is -0.467. The van der Waals surface area contributed by atoms with Gasteiger partial charge in [0, 0.05) is 10.5 Å². The molecule has 3 N–H and O–H groups in total. The molecule has 0 aliphatic carbocycles. The van der Waals surface area contributed by atoms with E-state index >= 15 is 0 Å². The second-order valence-electron chi connectivity index (χ2n) is 2.38. The first-order valence-corrected chi connectivity index (χ1v) is 3.29. The van der Waals surface area contributed by atoms with Crippen LogP contribution in [0.4, 0.5) is 5.69 Å². The average Bonchev–Trinajstić information content (AvgIpc) is 1.96. The molecular weight excluding hydrogens is 160 g/mol. The van der Waals surface area contributed by atoms with Gasteiger partial charge in [-0.05, 0) is 12.1 Å². The van der Waals surface area contributed by atoms with E-state index in [1.54, 1.807) is 0 Å². The fourth-order valence-electron chi connectivity index (χ4n) is 0.837. The highest BCUT2D eigenvalue weighted by molar-refractivity contribution is 5.52. The molecule has 0 radical (unpaired) electrons. The van der Waals surface area contributed by atoms with Crippen LogP contribution >= 0.6 is 0 Å². The fraction of sp³-hybridized carbons (Fsp3) is 0.143. The SMILES string of the molecule is Nc1ccc(C[N+](=O)[O-])cc1O. The van der Waals surface area contributed by atoms with E-state index < -0.39 is 4.92 Å². The van der Waals surface area contributed by atoms with Crippen molar-refractivity contribution in [3.63, 3.8) is 0 Å². The van der Waals surface area contributed by atoms with E-state index in [1.807, 2.05) is 0 Å². The molecule has 1 rings (SSSR count). The second kappa shape index (κ2) is 3.08. The van der Waals surface area contributed by atoms with Gasteiger partial charge in [-0.2, -0.15) is 0 Å². The summed E-state index contributed by atoms with van der Waals surface area (Å²) >= 11 is 0. The van der Waals surface area contributed by atoms with Crippen LogP contribution in [0.1, 0.15) is 5.56 Å². The van der Waals surface area contributed by atoms with Gasteiger partial charge in [0.25, 0.3) is 0 Å². The number of nitrogens with zero attached hydrogens (tertiary/aromatic N) is 1. The summed E-state index contributed by atoms with van der Waals surface area (Å²) in [5, 5.41) is 19.1. The fourth-order valence-corrected chi connectivity index (χ4v) is 0.837. The summed E-state index contributed by atoms with van der Waals surface area (Å²) in [5.41, 5.74) is 5.96. The van der Waals surface area contributed by atoms with Crippen LogP contribution in [0, 0.1) is 10.1 Å². The quantitative estimate of drug-likeness (QED) is 0.295. The Bertz CT molecular complexity index is 312. The van der Waals surface area contributed by atoms with Gasteiger partial charge in [-0.3, -0.25) is 10.1 Å². The lowest BCUT2D eigenvalue weighted by Gasteiger charge is -1.99. The molecule has 0 saturated carbocycles. The Balaban J connectivity index is 2.89. The number of hydrogen-bond acceptors (Lipinski definition) is 4. The van der Waals surface area contributed by atoms with Crippen LogP contribution in [0.3, 0.4) is 0 Å². The smallest absolute Gasteiger partial charge is 0.229 e. The third kappa shape index (κ3) is 1.85.